The molecule has 1 aliphatic rings. The highest BCUT2D eigenvalue weighted by molar-refractivity contribution is 6.35. The second-order valence-electron chi connectivity index (χ2n) is 6.47. The summed E-state index contributed by atoms with van der Waals surface area (Å²) in [6.07, 6.45) is 0. The molecule has 1 aromatic carbocycles. The zero-order valence-corrected chi connectivity index (χ0v) is 15.9. The molecule has 1 aliphatic heterocycles. The van der Waals surface area contributed by atoms with Crippen molar-refractivity contribution in [2.75, 3.05) is 32.8 Å². The van der Waals surface area contributed by atoms with E-state index in [1.807, 2.05) is 39.0 Å². The summed E-state index contributed by atoms with van der Waals surface area (Å²) in [4.78, 5) is 39.3. The number of hydrogen-bond acceptors (Lipinski definition) is 4. The molecule has 3 amide bonds. The fourth-order valence-electron chi connectivity index (χ4n) is 3.00. The molecule has 1 N–H and O–H groups in total. The third-order valence-corrected chi connectivity index (χ3v) is 4.49. The molecular formula is C19H27N3O4. The van der Waals surface area contributed by atoms with Gasteiger partial charge in [0.25, 0.3) is 0 Å². The van der Waals surface area contributed by atoms with Gasteiger partial charge in [-0.25, -0.2) is 0 Å². The third kappa shape index (κ3) is 4.74. The van der Waals surface area contributed by atoms with Crippen LogP contribution in [0, 0.1) is 6.92 Å². The van der Waals surface area contributed by atoms with Crippen molar-refractivity contribution in [2.24, 2.45) is 0 Å². The van der Waals surface area contributed by atoms with Gasteiger partial charge in [0.05, 0.1) is 12.6 Å². The summed E-state index contributed by atoms with van der Waals surface area (Å²) in [5.41, 5.74) is 1.89. The highest BCUT2D eigenvalue weighted by Gasteiger charge is 2.28. The molecule has 142 valence electrons. The van der Waals surface area contributed by atoms with Gasteiger partial charge < -0.3 is 19.9 Å². The maximum Gasteiger partial charge on any atom is 0.312 e. The Morgan fingerprint density at radius 1 is 1.15 bits per heavy atom. The standard InChI is InChI=1S/C19H27N3O4/c1-5-26-17-7-6-13(2)12-16(17)14(3)20-18(24)19(25)22-10-8-21(9-11-22)15(4)23/h6-7,12,14H,5,8-11H2,1-4H3,(H,20,24). The van der Waals surface area contributed by atoms with Gasteiger partial charge in [-0.05, 0) is 26.8 Å². The average molecular weight is 361 g/mol. The van der Waals surface area contributed by atoms with Gasteiger partial charge in [-0.1, -0.05) is 17.7 Å². The molecule has 0 radical (unpaired) electrons. The lowest BCUT2D eigenvalue weighted by atomic mass is 10.0. The van der Waals surface area contributed by atoms with E-state index in [0.717, 1.165) is 11.1 Å². The summed E-state index contributed by atoms with van der Waals surface area (Å²) in [6, 6.07) is 5.42. The highest BCUT2D eigenvalue weighted by atomic mass is 16.5. The molecule has 1 heterocycles. The van der Waals surface area contributed by atoms with Crippen LogP contribution in [0.4, 0.5) is 0 Å². The molecule has 1 saturated heterocycles. The van der Waals surface area contributed by atoms with E-state index in [-0.39, 0.29) is 11.9 Å². The summed E-state index contributed by atoms with van der Waals surface area (Å²) in [5, 5.41) is 2.76. The van der Waals surface area contributed by atoms with E-state index < -0.39 is 11.8 Å². The van der Waals surface area contributed by atoms with Crippen molar-refractivity contribution < 1.29 is 19.1 Å². The van der Waals surface area contributed by atoms with Crippen molar-refractivity contribution in [3.05, 3.63) is 29.3 Å². The van der Waals surface area contributed by atoms with E-state index in [9.17, 15) is 14.4 Å². The van der Waals surface area contributed by atoms with Crippen LogP contribution in [0.25, 0.3) is 0 Å². The van der Waals surface area contributed by atoms with Crippen LogP contribution in [0.5, 0.6) is 5.75 Å². The van der Waals surface area contributed by atoms with E-state index in [1.165, 1.54) is 11.8 Å². The maximum absolute atomic E-state index is 12.4. The first kappa shape index (κ1) is 19.8. The predicted octanol–water partition coefficient (Wildman–Crippen LogP) is 1.26. The van der Waals surface area contributed by atoms with Gasteiger partial charge in [0.15, 0.2) is 0 Å². The first-order chi connectivity index (χ1) is 12.3. The Labute approximate surface area is 154 Å². The van der Waals surface area contributed by atoms with Gasteiger partial charge in [0.2, 0.25) is 5.91 Å². The Bertz CT molecular complexity index is 681. The molecule has 0 aliphatic carbocycles. The van der Waals surface area contributed by atoms with E-state index in [2.05, 4.69) is 5.32 Å². The highest BCUT2D eigenvalue weighted by Crippen LogP contribution is 2.26. The van der Waals surface area contributed by atoms with Crippen LogP contribution < -0.4 is 10.1 Å². The van der Waals surface area contributed by atoms with Crippen LogP contribution in [0.15, 0.2) is 18.2 Å². The number of nitrogens with zero attached hydrogens (tertiary/aromatic N) is 2. The molecule has 7 heteroatoms. The molecule has 1 atom stereocenters. The number of amides is 3. The Hall–Kier alpha value is -2.57. The van der Waals surface area contributed by atoms with Crippen molar-refractivity contribution in [1.82, 2.24) is 15.1 Å². The molecule has 26 heavy (non-hydrogen) atoms. The van der Waals surface area contributed by atoms with E-state index >= 15 is 0 Å². The smallest absolute Gasteiger partial charge is 0.312 e. The number of aryl methyl sites for hydroxylation is 1. The average Bonchev–Trinajstić information content (AvgIpc) is 2.62. The molecule has 1 unspecified atom stereocenters. The van der Waals surface area contributed by atoms with Gasteiger partial charge in [0.1, 0.15) is 5.75 Å². The molecule has 1 fully saturated rings. The number of ether oxygens (including phenoxy) is 1. The summed E-state index contributed by atoms with van der Waals surface area (Å²) in [6.45, 7) is 9.37. The fourth-order valence-corrected chi connectivity index (χ4v) is 3.00. The van der Waals surface area contributed by atoms with Crippen LogP contribution in [0.1, 0.15) is 37.9 Å². The van der Waals surface area contributed by atoms with Crippen molar-refractivity contribution in [3.63, 3.8) is 0 Å². The second-order valence-corrected chi connectivity index (χ2v) is 6.47. The van der Waals surface area contributed by atoms with Crippen molar-refractivity contribution in [3.8, 4) is 5.75 Å². The topological polar surface area (TPSA) is 79.0 Å². The fraction of sp³-hybridized carbons (Fsp3) is 0.526. The second kappa shape index (κ2) is 8.69. The van der Waals surface area contributed by atoms with Gasteiger partial charge in [-0.3, -0.25) is 14.4 Å². The first-order valence-corrected chi connectivity index (χ1v) is 8.92. The van der Waals surface area contributed by atoms with Crippen LogP contribution in [0.3, 0.4) is 0 Å². The van der Waals surface area contributed by atoms with Gasteiger partial charge >= 0.3 is 11.8 Å². The summed E-state index contributed by atoms with van der Waals surface area (Å²) in [5.74, 6) is -0.519. The number of piperazine rings is 1. The van der Waals surface area contributed by atoms with Gasteiger partial charge in [-0.15, -0.1) is 0 Å². The largest absolute Gasteiger partial charge is 0.494 e. The zero-order chi connectivity index (χ0) is 19.3. The number of carbonyl (C=O) groups excluding carboxylic acids is 3. The minimum atomic E-state index is -0.641. The molecule has 7 nitrogen and oxygen atoms in total. The SMILES string of the molecule is CCOc1ccc(C)cc1C(C)NC(=O)C(=O)N1CCN(C(C)=O)CC1. The van der Waals surface area contributed by atoms with Gasteiger partial charge in [0, 0.05) is 38.7 Å². The van der Waals surface area contributed by atoms with Crippen molar-refractivity contribution in [2.45, 2.75) is 33.7 Å². The summed E-state index contributed by atoms with van der Waals surface area (Å²) in [7, 11) is 0. The lowest BCUT2D eigenvalue weighted by Crippen LogP contribution is -2.53. The van der Waals surface area contributed by atoms with Crippen LogP contribution in [0.2, 0.25) is 0 Å². The Kier molecular flexibility index (Phi) is 6.60. The Balaban J connectivity index is 2.00. The van der Waals surface area contributed by atoms with E-state index in [1.54, 1.807) is 4.90 Å². The Morgan fingerprint density at radius 3 is 2.35 bits per heavy atom. The number of hydrogen-bond donors (Lipinski definition) is 1. The number of nitrogens with one attached hydrogen (secondary N) is 1. The number of rotatable bonds is 4. The first-order valence-electron chi connectivity index (χ1n) is 8.92. The number of benzene rings is 1. The minimum Gasteiger partial charge on any atom is -0.494 e. The zero-order valence-electron chi connectivity index (χ0n) is 15.9. The van der Waals surface area contributed by atoms with Gasteiger partial charge in [-0.2, -0.15) is 0 Å². The Morgan fingerprint density at radius 2 is 1.77 bits per heavy atom. The van der Waals surface area contributed by atoms with Crippen LogP contribution in [-0.4, -0.2) is 60.3 Å². The minimum absolute atomic E-state index is 0.0157. The van der Waals surface area contributed by atoms with Crippen LogP contribution >= 0.6 is 0 Å². The van der Waals surface area contributed by atoms with Crippen molar-refractivity contribution >= 4 is 17.7 Å². The molecule has 1 aromatic rings. The lowest BCUT2D eigenvalue weighted by Gasteiger charge is -2.34. The summed E-state index contributed by atoms with van der Waals surface area (Å²) >= 11 is 0. The normalized spacial score (nSPS) is 15.4. The molecule has 0 bridgehead atoms. The quantitative estimate of drug-likeness (QED) is 0.819. The lowest BCUT2D eigenvalue weighted by molar-refractivity contribution is -0.148. The molecule has 2 rings (SSSR count). The summed E-state index contributed by atoms with van der Waals surface area (Å²) < 4.78 is 5.62. The predicted molar refractivity (Wildman–Crippen MR) is 97.7 cm³/mol. The molecule has 0 saturated carbocycles. The monoisotopic (exact) mass is 361 g/mol. The maximum atomic E-state index is 12.4. The molecule has 0 spiro atoms. The van der Waals surface area contributed by atoms with Crippen LogP contribution in [-0.2, 0) is 14.4 Å². The molecular weight excluding hydrogens is 334 g/mol. The molecule has 0 aromatic heterocycles. The van der Waals surface area contributed by atoms with Crippen molar-refractivity contribution in [1.29, 1.82) is 0 Å². The number of carbonyl (C=O) groups is 3. The van der Waals surface area contributed by atoms with E-state index in [0.29, 0.717) is 38.5 Å². The third-order valence-electron chi connectivity index (χ3n) is 4.49. The van der Waals surface area contributed by atoms with E-state index in [4.69, 9.17) is 4.74 Å².